The van der Waals surface area contributed by atoms with Gasteiger partial charge < -0.3 is 20.8 Å². The number of ether oxygens (including phenoxy) is 1. The molecule has 0 aliphatic rings. The van der Waals surface area contributed by atoms with Crippen LogP contribution in [0.2, 0.25) is 0 Å². The lowest BCUT2D eigenvalue weighted by Crippen LogP contribution is -2.29. The summed E-state index contributed by atoms with van der Waals surface area (Å²) in [6, 6.07) is 7.39. The Bertz CT molecular complexity index is 537. The van der Waals surface area contributed by atoms with Crippen molar-refractivity contribution in [2.24, 2.45) is 5.73 Å². The zero-order valence-electron chi connectivity index (χ0n) is 11.8. The van der Waals surface area contributed by atoms with Crippen LogP contribution >= 0.6 is 0 Å². The second kappa shape index (κ2) is 8.06. The van der Waals surface area contributed by atoms with Crippen molar-refractivity contribution >= 4 is 5.91 Å². The Morgan fingerprint density at radius 1 is 1.33 bits per heavy atom. The molecule has 1 aromatic heterocycles. The Morgan fingerprint density at radius 3 is 2.81 bits per heavy atom. The van der Waals surface area contributed by atoms with Crippen molar-refractivity contribution in [2.45, 2.75) is 19.4 Å². The maximum atomic E-state index is 11.6. The SMILES string of the molecule is NCc1ccc(OCC(=O)NCCCc2ncc[nH]2)cc1. The van der Waals surface area contributed by atoms with Crippen molar-refractivity contribution in [2.75, 3.05) is 13.2 Å². The summed E-state index contributed by atoms with van der Waals surface area (Å²) in [5.74, 6) is 1.47. The van der Waals surface area contributed by atoms with Crippen molar-refractivity contribution in [1.82, 2.24) is 15.3 Å². The topological polar surface area (TPSA) is 93.0 Å². The monoisotopic (exact) mass is 288 g/mol. The van der Waals surface area contributed by atoms with Crippen molar-refractivity contribution in [1.29, 1.82) is 0 Å². The van der Waals surface area contributed by atoms with E-state index in [1.54, 1.807) is 12.4 Å². The number of hydrogen-bond donors (Lipinski definition) is 3. The minimum atomic E-state index is -0.127. The van der Waals surface area contributed by atoms with Crippen molar-refractivity contribution in [3.8, 4) is 5.75 Å². The van der Waals surface area contributed by atoms with Gasteiger partial charge in [0.15, 0.2) is 6.61 Å². The average Bonchev–Trinajstić information content (AvgIpc) is 3.03. The number of nitrogens with two attached hydrogens (primary N) is 1. The summed E-state index contributed by atoms with van der Waals surface area (Å²) in [6.45, 7) is 1.12. The fourth-order valence-corrected chi connectivity index (χ4v) is 1.84. The van der Waals surface area contributed by atoms with Gasteiger partial charge in [-0.1, -0.05) is 12.1 Å². The van der Waals surface area contributed by atoms with E-state index in [1.165, 1.54) is 0 Å². The smallest absolute Gasteiger partial charge is 0.257 e. The number of aryl methyl sites for hydroxylation is 1. The predicted molar refractivity (Wildman–Crippen MR) is 79.7 cm³/mol. The lowest BCUT2D eigenvalue weighted by molar-refractivity contribution is -0.123. The fourth-order valence-electron chi connectivity index (χ4n) is 1.84. The summed E-state index contributed by atoms with van der Waals surface area (Å²) in [6.07, 6.45) is 5.16. The van der Waals surface area contributed by atoms with Gasteiger partial charge in [0, 0.05) is 31.9 Å². The molecule has 4 N–H and O–H groups in total. The van der Waals surface area contributed by atoms with Crippen LogP contribution in [0.4, 0.5) is 0 Å². The molecule has 0 saturated heterocycles. The molecular formula is C15H20N4O2. The summed E-state index contributed by atoms with van der Waals surface area (Å²) in [5.41, 5.74) is 6.55. The maximum Gasteiger partial charge on any atom is 0.257 e. The van der Waals surface area contributed by atoms with Crippen molar-refractivity contribution in [3.05, 3.63) is 48.0 Å². The molecule has 2 aromatic rings. The van der Waals surface area contributed by atoms with E-state index in [0.29, 0.717) is 18.8 Å². The molecule has 6 heteroatoms. The third kappa shape index (κ3) is 5.27. The zero-order chi connectivity index (χ0) is 14.9. The lowest BCUT2D eigenvalue weighted by atomic mass is 10.2. The lowest BCUT2D eigenvalue weighted by Gasteiger charge is -2.07. The Kier molecular flexibility index (Phi) is 5.78. The molecule has 0 atom stereocenters. The average molecular weight is 288 g/mol. The van der Waals surface area contributed by atoms with Gasteiger partial charge in [-0.15, -0.1) is 0 Å². The van der Waals surface area contributed by atoms with Gasteiger partial charge in [0.05, 0.1) is 0 Å². The van der Waals surface area contributed by atoms with Gasteiger partial charge in [0.1, 0.15) is 11.6 Å². The number of rotatable bonds is 8. The second-order valence-electron chi connectivity index (χ2n) is 4.63. The summed E-state index contributed by atoms with van der Waals surface area (Å²) in [7, 11) is 0. The van der Waals surface area contributed by atoms with E-state index in [2.05, 4.69) is 15.3 Å². The molecule has 0 aliphatic heterocycles. The number of H-pyrrole nitrogens is 1. The first kappa shape index (κ1) is 15.1. The number of aromatic amines is 1. The standard InChI is InChI=1S/C15H20N4O2/c16-10-12-3-5-13(6-4-12)21-11-15(20)19-7-1-2-14-17-8-9-18-14/h3-6,8-9H,1-2,7,10-11,16H2,(H,17,18)(H,19,20). The molecule has 1 heterocycles. The van der Waals surface area contributed by atoms with Gasteiger partial charge in [0.25, 0.3) is 5.91 Å². The van der Waals surface area contributed by atoms with Crippen LogP contribution in [-0.4, -0.2) is 29.0 Å². The highest BCUT2D eigenvalue weighted by molar-refractivity contribution is 5.77. The molecule has 2 rings (SSSR count). The normalized spacial score (nSPS) is 10.3. The Hall–Kier alpha value is -2.34. The van der Waals surface area contributed by atoms with Crippen LogP contribution in [-0.2, 0) is 17.8 Å². The van der Waals surface area contributed by atoms with Crippen LogP contribution in [0.3, 0.4) is 0 Å². The second-order valence-corrected chi connectivity index (χ2v) is 4.63. The maximum absolute atomic E-state index is 11.6. The molecule has 1 aromatic carbocycles. The first-order chi connectivity index (χ1) is 10.3. The van der Waals surface area contributed by atoms with E-state index in [9.17, 15) is 4.79 Å². The molecule has 0 fully saturated rings. The Labute approximate surface area is 123 Å². The van der Waals surface area contributed by atoms with Crippen LogP contribution < -0.4 is 15.8 Å². The molecule has 0 unspecified atom stereocenters. The first-order valence-electron chi connectivity index (χ1n) is 6.94. The van der Waals surface area contributed by atoms with E-state index in [0.717, 1.165) is 24.2 Å². The largest absolute Gasteiger partial charge is 0.484 e. The minimum absolute atomic E-state index is 0.0166. The molecule has 0 radical (unpaired) electrons. The number of aromatic nitrogens is 2. The Balaban J connectivity index is 1.60. The summed E-state index contributed by atoms with van der Waals surface area (Å²) in [5, 5.41) is 2.81. The number of hydrogen-bond acceptors (Lipinski definition) is 4. The minimum Gasteiger partial charge on any atom is -0.484 e. The third-order valence-electron chi connectivity index (χ3n) is 3.00. The van der Waals surface area contributed by atoms with Crippen LogP contribution in [0.5, 0.6) is 5.75 Å². The van der Waals surface area contributed by atoms with Gasteiger partial charge in [-0.05, 0) is 24.1 Å². The highest BCUT2D eigenvalue weighted by atomic mass is 16.5. The summed E-state index contributed by atoms with van der Waals surface area (Å²) >= 11 is 0. The third-order valence-corrected chi connectivity index (χ3v) is 3.00. The van der Waals surface area contributed by atoms with E-state index in [1.807, 2.05) is 24.3 Å². The molecular weight excluding hydrogens is 268 g/mol. The molecule has 0 bridgehead atoms. The number of nitrogens with zero attached hydrogens (tertiary/aromatic N) is 1. The van der Waals surface area contributed by atoms with E-state index < -0.39 is 0 Å². The molecule has 0 saturated carbocycles. The molecule has 0 aliphatic carbocycles. The van der Waals surface area contributed by atoms with Crippen LogP contribution in [0.25, 0.3) is 0 Å². The summed E-state index contributed by atoms with van der Waals surface area (Å²) < 4.78 is 5.40. The fraction of sp³-hybridized carbons (Fsp3) is 0.333. The number of benzene rings is 1. The van der Waals surface area contributed by atoms with Crippen LogP contribution in [0.15, 0.2) is 36.7 Å². The van der Waals surface area contributed by atoms with Gasteiger partial charge in [0.2, 0.25) is 0 Å². The van der Waals surface area contributed by atoms with E-state index in [4.69, 9.17) is 10.5 Å². The molecule has 0 spiro atoms. The zero-order valence-corrected chi connectivity index (χ0v) is 11.8. The van der Waals surface area contributed by atoms with Gasteiger partial charge in [-0.25, -0.2) is 4.98 Å². The van der Waals surface area contributed by atoms with Gasteiger partial charge in [-0.2, -0.15) is 0 Å². The van der Waals surface area contributed by atoms with E-state index in [-0.39, 0.29) is 12.5 Å². The highest BCUT2D eigenvalue weighted by Crippen LogP contribution is 2.11. The van der Waals surface area contributed by atoms with Crippen LogP contribution in [0, 0.1) is 0 Å². The molecule has 1 amide bonds. The van der Waals surface area contributed by atoms with Gasteiger partial charge in [-0.3, -0.25) is 4.79 Å². The van der Waals surface area contributed by atoms with Crippen LogP contribution in [0.1, 0.15) is 17.8 Å². The first-order valence-corrected chi connectivity index (χ1v) is 6.94. The quantitative estimate of drug-likeness (QED) is 0.632. The number of carbonyl (C=O) groups excluding carboxylic acids is 1. The molecule has 21 heavy (non-hydrogen) atoms. The van der Waals surface area contributed by atoms with Crippen molar-refractivity contribution < 1.29 is 9.53 Å². The Morgan fingerprint density at radius 2 is 2.14 bits per heavy atom. The number of amides is 1. The van der Waals surface area contributed by atoms with Crippen molar-refractivity contribution in [3.63, 3.8) is 0 Å². The highest BCUT2D eigenvalue weighted by Gasteiger charge is 2.03. The molecule has 6 nitrogen and oxygen atoms in total. The van der Waals surface area contributed by atoms with Gasteiger partial charge >= 0.3 is 0 Å². The molecule has 112 valence electrons. The number of imidazole rings is 1. The predicted octanol–water partition coefficient (Wildman–Crippen LogP) is 0.996. The number of carbonyl (C=O) groups is 1. The summed E-state index contributed by atoms with van der Waals surface area (Å²) in [4.78, 5) is 18.8. The van der Waals surface area contributed by atoms with E-state index >= 15 is 0 Å². The number of nitrogens with one attached hydrogen (secondary N) is 2.